The van der Waals surface area contributed by atoms with Crippen LogP contribution < -0.4 is 0 Å². The predicted molar refractivity (Wildman–Crippen MR) is 61.5 cm³/mol. The zero-order chi connectivity index (χ0) is 13.9. The van der Waals surface area contributed by atoms with E-state index >= 15 is 0 Å². The number of Topliss-reactive ketones (excluding diaryl/α,β-unsaturated/α-hetero) is 1. The van der Waals surface area contributed by atoms with Crippen molar-refractivity contribution in [3.05, 3.63) is 35.1 Å². The van der Waals surface area contributed by atoms with Crippen LogP contribution in [0.3, 0.4) is 0 Å². The van der Waals surface area contributed by atoms with Gasteiger partial charge in [-0.05, 0) is 26.8 Å². The second-order valence-electron chi connectivity index (χ2n) is 4.18. The molecule has 0 amide bonds. The largest absolute Gasteiger partial charge is 0.460 e. The standard InChI is InChI=1S/C13H14F2O3/c1-4-18-12(17)11(16)8-6-5-7-9(14)10(8)13(2,3)15/h5-7H,4H2,1-3H3. The number of carbonyl (C=O) groups excluding carboxylic acids is 2. The lowest BCUT2D eigenvalue weighted by Crippen LogP contribution is -2.24. The van der Waals surface area contributed by atoms with E-state index in [0.29, 0.717) is 0 Å². The van der Waals surface area contributed by atoms with Gasteiger partial charge in [-0.3, -0.25) is 4.79 Å². The summed E-state index contributed by atoms with van der Waals surface area (Å²) in [6.07, 6.45) is 0. The van der Waals surface area contributed by atoms with Crippen LogP contribution in [0.1, 0.15) is 36.7 Å². The third-order valence-electron chi connectivity index (χ3n) is 2.31. The van der Waals surface area contributed by atoms with Gasteiger partial charge in [-0.1, -0.05) is 12.1 Å². The molecule has 0 aliphatic heterocycles. The molecule has 0 aliphatic rings. The molecule has 0 radical (unpaired) electrons. The lowest BCUT2D eigenvalue weighted by Gasteiger charge is -2.18. The van der Waals surface area contributed by atoms with Crippen molar-refractivity contribution in [1.82, 2.24) is 0 Å². The van der Waals surface area contributed by atoms with Gasteiger partial charge in [0.25, 0.3) is 5.78 Å². The number of rotatable bonds is 4. The second kappa shape index (κ2) is 5.25. The fourth-order valence-electron chi connectivity index (χ4n) is 1.62. The van der Waals surface area contributed by atoms with E-state index in [-0.39, 0.29) is 12.2 Å². The first-order valence-corrected chi connectivity index (χ1v) is 5.48. The Morgan fingerprint density at radius 1 is 1.33 bits per heavy atom. The van der Waals surface area contributed by atoms with E-state index in [1.54, 1.807) is 0 Å². The smallest absolute Gasteiger partial charge is 0.379 e. The summed E-state index contributed by atoms with van der Waals surface area (Å²) in [6.45, 7) is 3.80. The average Bonchev–Trinajstić information content (AvgIpc) is 2.26. The maximum atomic E-state index is 13.9. The zero-order valence-corrected chi connectivity index (χ0v) is 10.4. The molecule has 1 aromatic carbocycles. The van der Waals surface area contributed by atoms with Crippen LogP contribution in [-0.4, -0.2) is 18.4 Å². The summed E-state index contributed by atoms with van der Waals surface area (Å²) in [5.41, 5.74) is -2.80. The number of alkyl halides is 1. The van der Waals surface area contributed by atoms with Crippen molar-refractivity contribution in [2.75, 3.05) is 6.61 Å². The number of esters is 1. The summed E-state index contributed by atoms with van der Waals surface area (Å²) in [6, 6.07) is 3.49. The van der Waals surface area contributed by atoms with Crippen molar-refractivity contribution in [2.24, 2.45) is 0 Å². The van der Waals surface area contributed by atoms with Gasteiger partial charge < -0.3 is 4.74 Å². The van der Waals surface area contributed by atoms with Crippen LogP contribution in [0, 0.1) is 5.82 Å². The fraction of sp³-hybridized carbons (Fsp3) is 0.385. The highest BCUT2D eigenvalue weighted by molar-refractivity contribution is 6.41. The van der Waals surface area contributed by atoms with Crippen molar-refractivity contribution in [1.29, 1.82) is 0 Å². The third kappa shape index (κ3) is 2.91. The first-order chi connectivity index (χ1) is 8.29. The summed E-state index contributed by atoms with van der Waals surface area (Å²) < 4.78 is 32.1. The highest BCUT2D eigenvalue weighted by Gasteiger charge is 2.31. The molecule has 98 valence electrons. The number of benzene rings is 1. The summed E-state index contributed by atoms with van der Waals surface area (Å²) in [5, 5.41) is 0. The van der Waals surface area contributed by atoms with Gasteiger partial charge in [0.2, 0.25) is 0 Å². The van der Waals surface area contributed by atoms with Crippen molar-refractivity contribution in [2.45, 2.75) is 26.4 Å². The topological polar surface area (TPSA) is 43.4 Å². The number of ketones is 1. The first kappa shape index (κ1) is 14.3. The number of carbonyl (C=O) groups is 2. The molecule has 3 nitrogen and oxygen atoms in total. The van der Waals surface area contributed by atoms with Crippen LogP contribution in [0.15, 0.2) is 18.2 Å². The van der Waals surface area contributed by atoms with E-state index in [1.165, 1.54) is 19.1 Å². The van der Waals surface area contributed by atoms with E-state index in [2.05, 4.69) is 4.74 Å². The molecule has 0 fully saturated rings. The molecule has 0 heterocycles. The molecule has 5 heteroatoms. The van der Waals surface area contributed by atoms with Crippen LogP contribution >= 0.6 is 0 Å². The molecule has 0 N–H and O–H groups in total. The van der Waals surface area contributed by atoms with Crippen LogP contribution in [0.5, 0.6) is 0 Å². The number of ether oxygens (including phenoxy) is 1. The van der Waals surface area contributed by atoms with Crippen LogP contribution in [0.2, 0.25) is 0 Å². The third-order valence-corrected chi connectivity index (χ3v) is 2.31. The number of halogens is 2. The molecule has 1 aromatic rings. The minimum atomic E-state index is -2.07. The van der Waals surface area contributed by atoms with Gasteiger partial charge in [0.05, 0.1) is 6.61 Å². The molecule has 0 atom stereocenters. The molecule has 0 bridgehead atoms. The molecule has 0 spiro atoms. The van der Waals surface area contributed by atoms with Crippen molar-refractivity contribution < 1.29 is 23.1 Å². The predicted octanol–water partition coefficient (Wildman–Crippen LogP) is 2.78. The van der Waals surface area contributed by atoms with Gasteiger partial charge in [0.15, 0.2) is 0 Å². The average molecular weight is 256 g/mol. The Morgan fingerprint density at radius 2 is 1.94 bits per heavy atom. The maximum Gasteiger partial charge on any atom is 0.379 e. The SMILES string of the molecule is CCOC(=O)C(=O)c1cccc(F)c1C(C)(C)F. The molecule has 0 saturated heterocycles. The van der Waals surface area contributed by atoms with Gasteiger partial charge in [-0.2, -0.15) is 0 Å². The summed E-state index contributed by atoms with van der Waals surface area (Å²) in [4.78, 5) is 23.1. The Kier molecular flexibility index (Phi) is 4.16. The van der Waals surface area contributed by atoms with Crippen molar-refractivity contribution >= 4 is 11.8 Å². The minimum absolute atomic E-state index is 0.0221. The Balaban J connectivity index is 3.29. The molecular weight excluding hydrogens is 242 g/mol. The highest BCUT2D eigenvalue weighted by atomic mass is 19.1. The highest BCUT2D eigenvalue weighted by Crippen LogP contribution is 2.30. The van der Waals surface area contributed by atoms with E-state index in [1.807, 2.05) is 0 Å². The Morgan fingerprint density at radius 3 is 2.44 bits per heavy atom. The van der Waals surface area contributed by atoms with Gasteiger partial charge >= 0.3 is 5.97 Å². The summed E-state index contributed by atoms with van der Waals surface area (Å²) in [7, 11) is 0. The lowest BCUT2D eigenvalue weighted by molar-refractivity contribution is -0.137. The minimum Gasteiger partial charge on any atom is -0.460 e. The molecule has 0 unspecified atom stereocenters. The number of hydrogen-bond donors (Lipinski definition) is 0. The van der Waals surface area contributed by atoms with Crippen LogP contribution in [0.4, 0.5) is 8.78 Å². The van der Waals surface area contributed by atoms with Crippen LogP contribution in [-0.2, 0) is 15.2 Å². The fourth-order valence-corrected chi connectivity index (χ4v) is 1.62. The van der Waals surface area contributed by atoms with Gasteiger partial charge in [-0.25, -0.2) is 13.6 Å². The van der Waals surface area contributed by atoms with E-state index in [4.69, 9.17) is 0 Å². The lowest BCUT2D eigenvalue weighted by atomic mass is 9.92. The zero-order valence-electron chi connectivity index (χ0n) is 10.4. The maximum absolute atomic E-state index is 13.9. The van der Waals surface area contributed by atoms with E-state index in [0.717, 1.165) is 19.9 Å². The quantitative estimate of drug-likeness (QED) is 0.472. The van der Waals surface area contributed by atoms with Crippen molar-refractivity contribution in [3.63, 3.8) is 0 Å². The molecule has 0 aliphatic carbocycles. The van der Waals surface area contributed by atoms with Crippen LogP contribution in [0.25, 0.3) is 0 Å². The van der Waals surface area contributed by atoms with E-state index < -0.39 is 28.8 Å². The first-order valence-electron chi connectivity index (χ1n) is 5.48. The Hall–Kier alpha value is -1.78. The summed E-state index contributed by atoms with van der Waals surface area (Å²) in [5.74, 6) is -3.02. The normalized spacial score (nSPS) is 11.2. The molecule has 0 aromatic heterocycles. The van der Waals surface area contributed by atoms with Crippen molar-refractivity contribution in [3.8, 4) is 0 Å². The molecule has 1 rings (SSSR count). The summed E-state index contributed by atoms with van der Waals surface area (Å²) >= 11 is 0. The monoisotopic (exact) mass is 256 g/mol. The van der Waals surface area contributed by atoms with Gasteiger partial charge in [0, 0.05) is 11.1 Å². The number of hydrogen-bond acceptors (Lipinski definition) is 3. The Bertz CT molecular complexity index is 476. The molecular formula is C13H14F2O3. The second-order valence-corrected chi connectivity index (χ2v) is 4.18. The van der Waals surface area contributed by atoms with Gasteiger partial charge in [-0.15, -0.1) is 0 Å². The van der Waals surface area contributed by atoms with E-state index in [9.17, 15) is 18.4 Å². The molecule has 18 heavy (non-hydrogen) atoms. The molecule has 0 saturated carbocycles. The Labute approximate surface area is 104 Å². The van der Waals surface area contributed by atoms with Gasteiger partial charge in [0.1, 0.15) is 11.5 Å².